The lowest BCUT2D eigenvalue weighted by molar-refractivity contribution is 0.0297. The molecule has 4 heteroatoms. The van der Waals surface area contributed by atoms with Crippen molar-refractivity contribution in [2.45, 2.75) is 37.6 Å². The molecule has 0 saturated carbocycles. The van der Waals surface area contributed by atoms with Crippen molar-refractivity contribution < 1.29 is 18.9 Å². The fourth-order valence-electron chi connectivity index (χ4n) is 1.84. The number of epoxide rings is 2. The summed E-state index contributed by atoms with van der Waals surface area (Å²) in [5.74, 6) is 1.11. The second-order valence-electron chi connectivity index (χ2n) is 4.62. The number of hydrogen-bond donors (Lipinski definition) is 0. The van der Waals surface area contributed by atoms with E-state index in [1.165, 1.54) is 0 Å². The summed E-state index contributed by atoms with van der Waals surface area (Å²) < 4.78 is 21.6. The Bertz CT molecular complexity index is 268. The van der Waals surface area contributed by atoms with Gasteiger partial charge >= 0.3 is 0 Å². The molecule has 16 heavy (non-hydrogen) atoms. The van der Waals surface area contributed by atoms with Crippen LogP contribution in [0.15, 0.2) is 11.8 Å². The van der Waals surface area contributed by atoms with Gasteiger partial charge in [-0.1, -0.05) is 0 Å². The van der Waals surface area contributed by atoms with Crippen molar-refractivity contribution in [2.24, 2.45) is 0 Å². The van der Waals surface area contributed by atoms with E-state index in [2.05, 4.69) is 6.08 Å². The van der Waals surface area contributed by atoms with Crippen molar-refractivity contribution in [2.75, 3.05) is 26.4 Å². The number of allylic oxidation sites excluding steroid dienone is 1. The fraction of sp³-hybridized carbons (Fsp3) is 0.833. The molecule has 2 aliphatic heterocycles. The van der Waals surface area contributed by atoms with Gasteiger partial charge in [-0.15, -0.1) is 0 Å². The van der Waals surface area contributed by atoms with Crippen LogP contribution in [-0.4, -0.2) is 44.7 Å². The maximum absolute atomic E-state index is 5.74. The molecule has 2 saturated heterocycles. The van der Waals surface area contributed by atoms with Gasteiger partial charge < -0.3 is 18.9 Å². The van der Waals surface area contributed by atoms with E-state index in [0.29, 0.717) is 24.9 Å². The Hall–Kier alpha value is -0.580. The van der Waals surface area contributed by atoms with E-state index in [1.54, 1.807) is 0 Å². The van der Waals surface area contributed by atoms with Crippen molar-refractivity contribution in [3.8, 4) is 0 Å². The fourth-order valence-corrected chi connectivity index (χ4v) is 1.84. The first-order chi connectivity index (χ1) is 7.90. The van der Waals surface area contributed by atoms with E-state index >= 15 is 0 Å². The summed E-state index contributed by atoms with van der Waals surface area (Å²) in [5, 5.41) is 0. The zero-order valence-corrected chi connectivity index (χ0v) is 9.39. The molecule has 0 amide bonds. The van der Waals surface area contributed by atoms with Crippen molar-refractivity contribution >= 4 is 0 Å². The van der Waals surface area contributed by atoms with Crippen molar-refractivity contribution in [1.82, 2.24) is 0 Å². The van der Waals surface area contributed by atoms with E-state index in [4.69, 9.17) is 18.9 Å². The lowest BCUT2D eigenvalue weighted by Gasteiger charge is -2.22. The molecular weight excluding hydrogens is 208 g/mol. The summed E-state index contributed by atoms with van der Waals surface area (Å²) in [4.78, 5) is 0. The highest BCUT2D eigenvalue weighted by molar-refractivity contribution is 5.00. The standard InChI is InChI=1S/C12H18O4/c1-2-10(14-6-12-8-16-12)4-3-9(1)13-5-11-7-15-11/h1,10-12H,2-8H2. The van der Waals surface area contributed by atoms with Gasteiger partial charge in [0.25, 0.3) is 0 Å². The summed E-state index contributed by atoms with van der Waals surface area (Å²) in [7, 11) is 0. The second-order valence-corrected chi connectivity index (χ2v) is 4.62. The van der Waals surface area contributed by atoms with Gasteiger partial charge in [0.2, 0.25) is 0 Å². The molecule has 3 unspecified atom stereocenters. The Balaban J connectivity index is 1.34. The highest BCUT2D eigenvalue weighted by Gasteiger charge is 2.26. The summed E-state index contributed by atoms with van der Waals surface area (Å²) in [6.07, 6.45) is 6.24. The summed E-state index contributed by atoms with van der Waals surface area (Å²) in [6.45, 7) is 3.20. The van der Waals surface area contributed by atoms with Crippen LogP contribution in [0, 0.1) is 0 Å². The third-order valence-electron chi connectivity index (χ3n) is 3.10. The minimum absolute atomic E-state index is 0.349. The summed E-state index contributed by atoms with van der Waals surface area (Å²) >= 11 is 0. The molecule has 0 aromatic rings. The lowest BCUT2D eigenvalue weighted by atomic mass is 10.0. The van der Waals surface area contributed by atoms with Gasteiger partial charge in [0.1, 0.15) is 18.8 Å². The molecule has 0 aromatic heterocycles. The Morgan fingerprint density at radius 1 is 1.19 bits per heavy atom. The number of ether oxygens (including phenoxy) is 4. The Morgan fingerprint density at radius 3 is 2.56 bits per heavy atom. The van der Waals surface area contributed by atoms with Crippen LogP contribution in [0.4, 0.5) is 0 Å². The minimum Gasteiger partial charge on any atom is -0.495 e. The van der Waals surface area contributed by atoms with Gasteiger partial charge in [0.15, 0.2) is 0 Å². The third kappa shape index (κ3) is 3.20. The van der Waals surface area contributed by atoms with Crippen LogP contribution in [0.25, 0.3) is 0 Å². The molecule has 3 rings (SSSR count). The minimum atomic E-state index is 0.349. The molecule has 0 radical (unpaired) electrons. The van der Waals surface area contributed by atoms with E-state index in [0.717, 1.165) is 44.8 Å². The predicted molar refractivity (Wildman–Crippen MR) is 57.1 cm³/mol. The van der Waals surface area contributed by atoms with Crippen molar-refractivity contribution in [3.63, 3.8) is 0 Å². The molecule has 0 aromatic carbocycles. The van der Waals surface area contributed by atoms with Gasteiger partial charge in [-0.2, -0.15) is 0 Å². The Labute approximate surface area is 95.5 Å². The maximum atomic E-state index is 5.74. The van der Waals surface area contributed by atoms with Crippen LogP contribution in [0.3, 0.4) is 0 Å². The molecule has 3 atom stereocenters. The predicted octanol–water partition coefficient (Wildman–Crippen LogP) is 1.25. The maximum Gasteiger partial charge on any atom is 0.116 e. The molecule has 4 nitrogen and oxygen atoms in total. The first-order valence-corrected chi connectivity index (χ1v) is 6.07. The summed E-state index contributed by atoms with van der Waals surface area (Å²) in [5.41, 5.74) is 0. The van der Waals surface area contributed by atoms with E-state index in [1.807, 2.05) is 0 Å². The van der Waals surface area contributed by atoms with Crippen LogP contribution < -0.4 is 0 Å². The summed E-state index contributed by atoms with van der Waals surface area (Å²) in [6, 6.07) is 0. The zero-order valence-electron chi connectivity index (χ0n) is 9.39. The molecule has 2 fully saturated rings. The van der Waals surface area contributed by atoms with Crippen LogP contribution in [0.2, 0.25) is 0 Å². The zero-order chi connectivity index (χ0) is 10.8. The largest absolute Gasteiger partial charge is 0.495 e. The van der Waals surface area contributed by atoms with Gasteiger partial charge in [-0.05, 0) is 18.9 Å². The Morgan fingerprint density at radius 2 is 1.94 bits per heavy atom. The first kappa shape index (κ1) is 10.6. The topological polar surface area (TPSA) is 43.5 Å². The van der Waals surface area contributed by atoms with Gasteiger partial charge in [0, 0.05) is 6.42 Å². The number of rotatable bonds is 6. The third-order valence-corrected chi connectivity index (χ3v) is 3.10. The first-order valence-electron chi connectivity index (χ1n) is 6.07. The highest BCUT2D eigenvalue weighted by Crippen LogP contribution is 2.23. The van der Waals surface area contributed by atoms with Crippen LogP contribution in [0.1, 0.15) is 19.3 Å². The van der Waals surface area contributed by atoms with E-state index < -0.39 is 0 Å². The smallest absolute Gasteiger partial charge is 0.116 e. The molecule has 3 aliphatic rings. The average molecular weight is 226 g/mol. The Kier molecular flexibility index (Phi) is 3.13. The van der Waals surface area contributed by atoms with Crippen molar-refractivity contribution in [3.05, 3.63) is 11.8 Å². The van der Waals surface area contributed by atoms with Gasteiger partial charge in [0.05, 0.1) is 31.7 Å². The van der Waals surface area contributed by atoms with E-state index in [9.17, 15) is 0 Å². The van der Waals surface area contributed by atoms with Crippen LogP contribution in [-0.2, 0) is 18.9 Å². The van der Waals surface area contributed by atoms with E-state index in [-0.39, 0.29) is 0 Å². The van der Waals surface area contributed by atoms with Crippen molar-refractivity contribution in [1.29, 1.82) is 0 Å². The highest BCUT2D eigenvalue weighted by atomic mass is 16.6. The molecule has 0 N–H and O–H groups in total. The van der Waals surface area contributed by atoms with Crippen LogP contribution >= 0.6 is 0 Å². The normalized spacial score (nSPS) is 36.8. The number of hydrogen-bond acceptors (Lipinski definition) is 4. The lowest BCUT2D eigenvalue weighted by Crippen LogP contribution is -2.19. The SMILES string of the molecule is C1=C(OCC2CO2)CCC(OCC2CO2)C1. The second kappa shape index (κ2) is 4.73. The molecular formula is C12H18O4. The average Bonchev–Trinajstić information content (AvgIpc) is 3.17. The molecule has 90 valence electrons. The monoisotopic (exact) mass is 226 g/mol. The molecule has 0 spiro atoms. The van der Waals surface area contributed by atoms with Gasteiger partial charge in [-0.3, -0.25) is 0 Å². The van der Waals surface area contributed by atoms with Gasteiger partial charge in [-0.25, -0.2) is 0 Å². The molecule has 0 bridgehead atoms. The quantitative estimate of drug-likeness (QED) is 0.639. The van der Waals surface area contributed by atoms with Crippen LogP contribution in [0.5, 0.6) is 0 Å². The molecule has 2 heterocycles. The molecule has 1 aliphatic carbocycles.